The molecule has 1 N–H and O–H groups in total. The number of hydrogen-bond acceptors (Lipinski definition) is 3. The van der Waals surface area contributed by atoms with Gasteiger partial charge in [-0.15, -0.1) is 11.3 Å². The van der Waals surface area contributed by atoms with Crippen LogP contribution in [0.2, 0.25) is 5.02 Å². The minimum Gasteiger partial charge on any atom is -0.320 e. The van der Waals surface area contributed by atoms with Gasteiger partial charge in [-0.25, -0.2) is 4.98 Å². The van der Waals surface area contributed by atoms with E-state index >= 15 is 0 Å². The molecule has 0 saturated heterocycles. The molecule has 0 fully saturated rings. The van der Waals surface area contributed by atoms with Crippen molar-refractivity contribution in [1.29, 1.82) is 0 Å². The van der Waals surface area contributed by atoms with Crippen molar-refractivity contribution in [2.75, 3.05) is 5.32 Å². The standard InChI is InChI=1S/C11H6ClF3N2OS/c12-8-2-1-6(5-7(8)11(13,14)15)17-9(18)10-16-3-4-19-10/h1-5H,(H,17,18). The number of rotatable bonds is 2. The van der Waals surface area contributed by atoms with E-state index in [1.807, 2.05) is 0 Å². The summed E-state index contributed by atoms with van der Waals surface area (Å²) in [5.74, 6) is -0.564. The minimum absolute atomic E-state index is 0.0110. The number of alkyl halides is 3. The summed E-state index contributed by atoms with van der Waals surface area (Å²) in [6, 6.07) is 3.17. The molecule has 3 nitrogen and oxygen atoms in total. The van der Waals surface area contributed by atoms with Crippen LogP contribution in [-0.4, -0.2) is 10.9 Å². The topological polar surface area (TPSA) is 42.0 Å². The molecule has 0 saturated carbocycles. The van der Waals surface area contributed by atoms with Crippen LogP contribution in [0.5, 0.6) is 0 Å². The van der Waals surface area contributed by atoms with E-state index in [0.717, 1.165) is 23.5 Å². The fourth-order valence-electron chi connectivity index (χ4n) is 1.34. The number of carbonyl (C=O) groups excluding carboxylic acids is 1. The molecule has 2 aromatic rings. The zero-order valence-corrected chi connectivity index (χ0v) is 10.7. The van der Waals surface area contributed by atoms with Gasteiger partial charge in [-0.1, -0.05) is 11.6 Å². The van der Waals surface area contributed by atoms with Gasteiger partial charge in [0.1, 0.15) is 0 Å². The van der Waals surface area contributed by atoms with E-state index < -0.39 is 22.7 Å². The number of nitrogens with one attached hydrogen (secondary N) is 1. The molecule has 0 spiro atoms. The Labute approximate surface area is 115 Å². The summed E-state index contributed by atoms with van der Waals surface area (Å²) >= 11 is 6.57. The maximum Gasteiger partial charge on any atom is 0.417 e. The van der Waals surface area contributed by atoms with E-state index in [1.54, 1.807) is 5.38 Å². The number of aromatic nitrogens is 1. The lowest BCUT2D eigenvalue weighted by Crippen LogP contribution is -2.13. The summed E-state index contributed by atoms with van der Waals surface area (Å²) in [5.41, 5.74) is -0.983. The lowest BCUT2D eigenvalue weighted by atomic mass is 10.2. The summed E-state index contributed by atoms with van der Waals surface area (Å²) in [7, 11) is 0. The Morgan fingerprint density at radius 3 is 2.68 bits per heavy atom. The van der Waals surface area contributed by atoms with Crippen molar-refractivity contribution in [3.63, 3.8) is 0 Å². The average Bonchev–Trinajstić information content (AvgIpc) is 2.83. The largest absolute Gasteiger partial charge is 0.417 e. The van der Waals surface area contributed by atoms with Crippen molar-refractivity contribution in [2.45, 2.75) is 6.18 Å². The Morgan fingerprint density at radius 1 is 1.37 bits per heavy atom. The van der Waals surface area contributed by atoms with Crippen LogP contribution in [0.3, 0.4) is 0 Å². The SMILES string of the molecule is O=C(Nc1ccc(Cl)c(C(F)(F)F)c1)c1nccs1. The number of thiazole rings is 1. The quantitative estimate of drug-likeness (QED) is 0.909. The average molecular weight is 307 g/mol. The van der Waals surface area contributed by atoms with Crippen molar-refractivity contribution >= 4 is 34.5 Å². The van der Waals surface area contributed by atoms with E-state index in [9.17, 15) is 18.0 Å². The van der Waals surface area contributed by atoms with Crippen molar-refractivity contribution < 1.29 is 18.0 Å². The normalized spacial score (nSPS) is 11.4. The molecule has 0 radical (unpaired) electrons. The van der Waals surface area contributed by atoms with Crippen LogP contribution in [-0.2, 0) is 6.18 Å². The second-order valence-corrected chi connectivity index (χ2v) is 4.79. The van der Waals surface area contributed by atoms with Gasteiger partial charge in [-0.05, 0) is 18.2 Å². The molecule has 0 unspecified atom stereocenters. The Kier molecular flexibility index (Phi) is 3.77. The van der Waals surface area contributed by atoms with Gasteiger partial charge in [-0.2, -0.15) is 13.2 Å². The molecular weight excluding hydrogens is 301 g/mol. The van der Waals surface area contributed by atoms with Crippen molar-refractivity contribution in [3.8, 4) is 0 Å². The summed E-state index contributed by atoms with van der Waals surface area (Å²) in [4.78, 5) is 15.4. The van der Waals surface area contributed by atoms with Crippen LogP contribution in [0, 0.1) is 0 Å². The van der Waals surface area contributed by atoms with Gasteiger partial charge in [0.05, 0.1) is 10.6 Å². The van der Waals surface area contributed by atoms with Crippen LogP contribution in [0.4, 0.5) is 18.9 Å². The number of halogens is 4. The van der Waals surface area contributed by atoms with Gasteiger partial charge in [-0.3, -0.25) is 4.79 Å². The first kappa shape index (κ1) is 13.8. The third kappa shape index (κ3) is 3.24. The molecule has 1 aromatic carbocycles. The highest BCUT2D eigenvalue weighted by molar-refractivity contribution is 7.11. The monoisotopic (exact) mass is 306 g/mol. The molecule has 0 atom stereocenters. The van der Waals surface area contributed by atoms with Crippen LogP contribution in [0.25, 0.3) is 0 Å². The number of anilines is 1. The smallest absolute Gasteiger partial charge is 0.320 e. The molecule has 2 rings (SSSR count). The highest BCUT2D eigenvalue weighted by atomic mass is 35.5. The summed E-state index contributed by atoms with van der Waals surface area (Å²) < 4.78 is 37.9. The number of amides is 1. The molecule has 100 valence electrons. The highest BCUT2D eigenvalue weighted by Gasteiger charge is 2.33. The predicted molar refractivity (Wildman–Crippen MR) is 66.5 cm³/mol. The Hall–Kier alpha value is -1.60. The maximum atomic E-state index is 12.6. The molecule has 0 aliphatic rings. The van der Waals surface area contributed by atoms with E-state index in [2.05, 4.69) is 10.3 Å². The van der Waals surface area contributed by atoms with Crippen LogP contribution < -0.4 is 5.32 Å². The number of carbonyl (C=O) groups is 1. The van der Waals surface area contributed by atoms with Crippen LogP contribution in [0.1, 0.15) is 15.4 Å². The number of hydrogen-bond donors (Lipinski definition) is 1. The fourth-order valence-corrected chi connectivity index (χ4v) is 2.10. The fraction of sp³-hybridized carbons (Fsp3) is 0.0909. The first-order chi connectivity index (χ1) is 8.88. The Morgan fingerprint density at radius 2 is 2.11 bits per heavy atom. The summed E-state index contributed by atoms with van der Waals surface area (Å²) in [5, 5.41) is 3.68. The minimum atomic E-state index is -4.57. The molecule has 1 amide bonds. The zero-order chi connectivity index (χ0) is 14.0. The van der Waals surface area contributed by atoms with Crippen molar-refractivity contribution in [1.82, 2.24) is 4.98 Å². The van der Waals surface area contributed by atoms with Gasteiger partial charge >= 0.3 is 6.18 Å². The first-order valence-corrected chi connectivity index (χ1v) is 6.21. The van der Waals surface area contributed by atoms with Gasteiger partial charge < -0.3 is 5.32 Å². The van der Waals surface area contributed by atoms with E-state index in [1.165, 1.54) is 12.3 Å². The Balaban J connectivity index is 2.25. The van der Waals surface area contributed by atoms with Crippen molar-refractivity contribution in [3.05, 3.63) is 45.4 Å². The molecule has 19 heavy (non-hydrogen) atoms. The molecule has 0 aliphatic heterocycles. The van der Waals surface area contributed by atoms with Gasteiger partial charge in [0.25, 0.3) is 5.91 Å². The second kappa shape index (κ2) is 5.18. The molecule has 0 bridgehead atoms. The van der Waals surface area contributed by atoms with E-state index in [0.29, 0.717) is 0 Å². The van der Waals surface area contributed by atoms with Crippen LogP contribution in [0.15, 0.2) is 29.8 Å². The molecular formula is C11H6ClF3N2OS. The van der Waals surface area contributed by atoms with E-state index in [-0.39, 0.29) is 10.7 Å². The second-order valence-electron chi connectivity index (χ2n) is 3.48. The van der Waals surface area contributed by atoms with Crippen LogP contribution >= 0.6 is 22.9 Å². The van der Waals surface area contributed by atoms with Gasteiger partial charge in [0.2, 0.25) is 0 Å². The number of nitrogens with zero attached hydrogens (tertiary/aromatic N) is 1. The van der Waals surface area contributed by atoms with Crippen molar-refractivity contribution in [2.24, 2.45) is 0 Å². The Bertz CT molecular complexity index is 598. The highest BCUT2D eigenvalue weighted by Crippen LogP contribution is 2.36. The summed E-state index contributed by atoms with van der Waals surface area (Å²) in [6.45, 7) is 0. The zero-order valence-electron chi connectivity index (χ0n) is 9.16. The summed E-state index contributed by atoms with van der Waals surface area (Å²) in [6.07, 6.45) is -3.14. The maximum absolute atomic E-state index is 12.6. The van der Waals surface area contributed by atoms with E-state index in [4.69, 9.17) is 11.6 Å². The molecule has 8 heteroatoms. The first-order valence-electron chi connectivity index (χ1n) is 4.95. The van der Waals surface area contributed by atoms with Gasteiger partial charge in [0, 0.05) is 17.3 Å². The lowest BCUT2D eigenvalue weighted by Gasteiger charge is -2.11. The lowest BCUT2D eigenvalue weighted by molar-refractivity contribution is -0.137. The number of benzene rings is 1. The predicted octanol–water partition coefficient (Wildman–Crippen LogP) is 4.07. The molecule has 1 heterocycles. The third-order valence-electron chi connectivity index (χ3n) is 2.16. The molecule has 0 aliphatic carbocycles. The van der Waals surface area contributed by atoms with Gasteiger partial charge in [0.15, 0.2) is 5.01 Å². The molecule has 1 aromatic heterocycles. The third-order valence-corrected chi connectivity index (χ3v) is 3.26.